The second-order valence-corrected chi connectivity index (χ2v) is 5.39. The number of nitrogens with one attached hydrogen (secondary N) is 1. The van der Waals surface area contributed by atoms with E-state index in [1.54, 1.807) is 12.1 Å². The first-order valence-electron chi connectivity index (χ1n) is 6.63. The van der Waals surface area contributed by atoms with E-state index in [9.17, 15) is 4.39 Å². The molecule has 1 aromatic carbocycles. The zero-order valence-electron chi connectivity index (χ0n) is 11.1. The number of hydrogen-bond donors (Lipinski definition) is 1. The maximum atomic E-state index is 14.0. The number of hydrogen-bond acceptors (Lipinski definition) is 2. The quantitative estimate of drug-likeness (QED) is 0.910. The molecule has 19 heavy (non-hydrogen) atoms. The number of halogens is 1. The molecule has 0 unspecified atom stereocenters. The molecule has 0 amide bonds. The van der Waals surface area contributed by atoms with E-state index in [0.29, 0.717) is 0 Å². The molecule has 0 spiro atoms. The molecular weight excluding hydrogens is 241 g/mol. The Morgan fingerprint density at radius 2 is 2.16 bits per heavy atom. The van der Waals surface area contributed by atoms with Gasteiger partial charge in [0, 0.05) is 31.7 Å². The lowest BCUT2D eigenvalue weighted by molar-refractivity contribution is 0.250. The molecule has 3 nitrogen and oxygen atoms in total. The highest BCUT2D eigenvalue weighted by molar-refractivity contribution is 5.31. The Labute approximate surface area is 112 Å². The van der Waals surface area contributed by atoms with Gasteiger partial charge in [-0.15, -0.1) is 0 Å². The lowest BCUT2D eigenvalue weighted by Crippen LogP contribution is -2.57. The van der Waals surface area contributed by atoms with E-state index in [1.807, 2.05) is 36.3 Å². The summed E-state index contributed by atoms with van der Waals surface area (Å²) in [6.45, 7) is 1.71. The number of aryl methyl sites for hydroxylation is 2. The van der Waals surface area contributed by atoms with Gasteiger partial charge in [-0.3, -0.25) is 4.68 Å². The molecule has 1 aliphatic heterocycles. The van der Waals surface area contributed by atoms with Crippen LogP contribution in [0.1, 0.15) is 17.5 Å². The average Bonchev–Trinajstić information content (AvgIpc) is 2.76. The van der Waals surface area contributed by atoms with Gasteiger partial charge in [0.1, 0.15) is 5.82 Å². The van der Waals surface area contributed by atoms with Gasteiger partial charge in [-0.2, -0.15) is 5.10 Å². The van der Waals surface area contributed by atoms with E-state index in [2.05, 4.69) is 10.4 Å². The van der Waals surface area contributed by atoms with Crippen LogP contribution in [0, 0.1) is 5.82 Å². The summed E-state index contributed by atoms with van der Waals surface area (Å²) >= 11 is 0. The third-order valence-corrected chi connectivity index (χ3v) is 4.02. The Balaban J connectivity index is 1.78. The third kappa shape index (κ3) is 2.28. The fourth-order valence-corrected chi connectivity index (χ4v) is 2.80. The maximum Gasteiger partial charge on any atom is 0.127 e. The minimum atomic E-state index is -0.0878. The van der Waals surface area contributed by atoms with Crippen LogP contribution in [-0.2, 0) is 18.9 Å². The molecule has 2 heterocycles. The molecule has 4 heteroatoms. The molecule has 0 aliphatic carbocycles. The Hall–Kier alpha value is -1.68. The molecule has 1 N–H and O–H groups in total. The van der Waals surface area contributed by atoms with Crippen molar-refractivity contribution in [2.75, 3.05) is 13.1 Å². The van der Waals surface area contributed by atoms with Crippen molar-refractivity contribution in [1.82, 2.24) is 15.1 Å². The van der Waals surface area contributed by atoms with Crippen molar-refractivity contribution in [2.24, 2.45) is 7.05 Å². The molecule has 100 valence electrons. The summed E-state index contributed by atoms with van der Waals surface area (Å²) in [6, 6.07) is 7.14. The Morgan fingerprint density at radius 1 is 1.37 bits per heavy atom. The molecule has 1 aliphatic rings. The van der Waals surface area contributed by atoms with Gasteiger partial charge in [-0.05, 0) is 30.0 Å². The summed E-state index contributed by atoms with van der Waals surface area (Å²) in [5.74, 6) is -0.0878. The number of aromatic nitrogens is 2. The highest BCUT2D eigenvalue weighted by Gasteiger charge is 2.39. The minimum absolute atomic E-state index is 0.0544. The number of nitrogens with zero attached hydrogens (tertiary/aromatic N) is 2. The zero-order chi connectivity index (χ0) is 13.3. The fourth-order valence-electron chi connectivity index (χ4n) is 2.80. The second kappa shape index (κ2) is 4.78. The lowest BCUT2D eigenvalue weighted by Gasteiger charge is -2.43. The molecule has 3 rings (SSSR count). The van der Waals surface area contributed by atoms with Crippen molar-refractivity contribution in [3.05, 3.63) is 53.6 Å². The average molecular weight is 259 g/mol. The van der Waals surface area contributed by atoms with Crippen LogP contribution in [0.4, 0.5) is 4.39 Å². The standard InChI is InChI=1S/C15H18FN3/c1-19-9-12(8-18-19)6-7-15(10-17-11-15)13-4-2-3-5-14(13)16/h2-5,8-9,17H,6-7,10-11H2,1H3. The van der Waals surface area contributed by atoms with Gasteiger partial charge in [0.2, 0.25) is 0 Å². The molecule has 1 aromatic heterocycles. The predicted molar refractivity (Wildman–Crippen MR) is 72.5 cm³/mol. The number of rotatable bonds is 4. The van der Waals surface area contributed by atoms with Crippen LogP contribution in [0.25, 0.3) is 0 Å². The summed E-state index contributed by atoms with van der Waals surface area (Å²) in [6.07, 6.45) is 5.80. The maximum absolute atomic E-state index is 14.0. The van der Waals surface area contributed by atoms with Crippen molar-refractivity contribution in [3.63, 3.8) is 0 Å². The second-order valence-electron chi connectivity index (χ2n) is 5.39. The van der Waals surface area contributed by atoms with Gasteiger partial charge < -0.3 is 5.32 Å². The van der Waals surface area contributed by atoms with Gasteiger partial charge in [0.15, 0.2) is 0 Å². The van der Waals surface area contributed by atoms with E-state index in [0.717, 1.165) is 31.5 Å². The summed E-state index contributed by atoms with van der Waals surface area (Å²) in [4.78, 5) is 0. The van der Waals surface area contributed by atoms with Gasteiger partial charge in [0.05, 0.1) is 6.20 Å². The normalized spacial score (nSPS) is 17.2. The summed E-state index contributed by atoms with van der Waals surface area (Å²) in [5, 5.41) is 7.46. The topological polar surface area (TPSA) is 29.9 Å². The molecule has 2 aromatic rings. The van der Waals surface area contributed by atoms with Crippen LogP contribution < -0.4 is 5.32 Å². The molecule has 0 saturated carbocycles. The fraction of sp³-hybridized carbons (Fsp3) is 0.400. The van der Waals surface area contributed by atoms with Crippen molar-refractivity contribution in [1.29, 1.82) is 0 Å². The van der Waals surface area contributed by atoms with Crippen LogP contribution in [0.3, 0.4) is 0 Å². The smallest absolute Gasteiger partial charge is 0.127 e. The van der Waals surface area contributed by atoms with Crippen molar-refractivity contribution in [2.45, 2.75) is 18.3 Å². The van der Waals surface area contributed by atoms with Gasteiger partial charge >= 0.3 is 0 Å². The summed E-state index contributed by atoms with van der Waals surface area (Å²) < 4.78 is 15.8. The first kappa shape index (κ1) is 12.4. The SMILES string of the molecule is Cn1cc(CCC2(c3ccccc3F)CNC2)cn1. The highest BCUT2D eigenvalue weighted by Crippen LogP contribution is 2.34. The first-order valence-corrected chi connectivity index (χ1v) is 6.63. The van der Waals surface area contributed by atoms with Crippen LogP contribution in [-0.4, -0.2) is 22.9 Å². The Bertz CT molecular complexity index is 572. The van der Waals surface area contributed by atoms with Crippen LogP contribution in [0.5, 0.6) is 0 Å². The van der Waals surface area contributed by atoms with Crippen LogP contribution >= 0.6 is 0 Å². The molecule has 1 fully saturated rings. The molecule has 1 saturated heterocycles. The number of benzene rings is 1. The lowest BCUT2D eigenvalue weighted by atomic mass is 9.71. The zero-order valence-corrected chi connectivity index (χ0v) is 11.1. The van der Waals surface area contributed by atoms with Crippen molar-refractivity contribution >= 4 is 0 Å². The molecule has 0 atom stereocenters. The van der Waals surface area contributed by atoms with Crippen LogP contribution in [0.15, 0.2) is 36.7 Å². The van der Waals surface area contributed by atoms with E-state index < -0.39 is 0 Å². The Morgan fingerprint density at radius 3 is 2.74 bits per heavy atom. The summed E-state index contributed by atoms with van der Waals surface area (Å²) in [5.41, 5.74) is 2.00. The van der Waals surface area contributed by atoms with Gasteiger partial charge in [0.25, 0.3) is 0 Å². The van der Waals surface area contributed by atoms with E-state index in [1.165, 1.54) is 5.56 Å². The van der Waals surface area contributed by atoms with E-state index in [-0.39, 0.29) is 11.2 Å². The minimum Gasteiger partial charge on any atom is -0.315 e. The molecule has 0 bridgehead atoms. The molecular formula is C15H18FN3. The van der Waals surface area contributed by atoms with E-state index >= 15 is 0 Å². The van der Waals surface area contributed by atoms with Gasteiger partial charge in [-0.1, -0.05) is 18.2 Å². The molecule has 0 radical (unpaired) electrons. The first-order chi connectivity index (χ1) is 9.20. The highest BCUT2D eigenvalue weighted by atomic mass is 19.1. The summed E-state index contributed by atoms with van der Waals surface area (Å²) in [7, 11) is 1.92. The largest absolute Gasteiger partial charge is 0.315 e. The Kier molecular flexibility index (Phi) is 3.11. The van der Waals surface area contributed by atoms with Crippen molar-refractivity contribution in [3.8, 4) is 0 Å². The predicted octanol–water partition coefficient (Wildman–Crippen LogP) is 2.03. The van der Waals surface area contributed by atoms with Gasteiger partial charge in [-0.25, -0.2) is 4.39 Å². The monoisotopic (exact) mass is 259 g/mol. The van der Waals surface area contributed by atoms with Crippen molar-refractivity contribution < 1.29 is 4.39 Å². The van der Waals surface area contributed by atoms with E-state index in [4.69, 9.17) is 0 Å². The third-order valence-electron chi connectivity index (χ3n) is 4.02. The van der Waals surface area contributed by atoms with Crippen LogP contribution in [0.2, 0.25) is 0 Å².